The number of hydrogen-bond acceptors (Lipinski definition) is 5. The van der Waals surface area contributed by atoms with Gasteiger partial charge in [-0.05, 0) is 33.6 Å². The quantitative estimate of drug-likeness (QED) is 0.253. The minimum Gasteiger partial charge on any atom is -0.466 e. The van der Waals surface area contributed by atoms with Gasteiger partial charge in [0.2, 0.25) is 0 Å². The number of hydrogen-bond donors (Lipinski definition) is 1. The first-order chi connectivity index (χ1) is 14.1. The van der Waals surface area contributed by atoms with Gasteiger partial charge in [0.1, 0.15) is 5.01 Å². The lowest BCUT2D eigenvalue weighted by Crippen LogP contribution is -2.46. The lowest BCUT2D eigenvalue weighted by Gasteiger charge is -2.33. The number of thiazole rings is 1. The average Bonchev–Trinajstić information content (AvgIpc) is 3.12. The molecular weight excluding hydrogens is 511 g/mol. The Hall–Kier alpha value is -1.68. The lowest BCUT2D eigenvalue weighted by molar-refractivity contribution is -0.149. The maximum atomic E-state index is 12.0. The minimum absolute atomic E-state index is 0. The number of ether oxygens (including phenoxy) is 1. The molecule has 164 valence electrons. The van der Waals surface area contributed by atoms with Gasteiger partial charge in [0, 0.05) is 30.1 Å². The third-order valence-corrected chi connectivity index (χ3v) is 6.23. The van der Waals surface area contributed by atoms with Gasteiger partial charge in [-0.3, -0.25) is 4.79 Å². The fraction of sp³-hybridized carbons (Fsp3) is 0.500. The summed E-state index contributed by atoms with van der Waals surface area (Å²) in [5.41, 5.74) is 2.18. The number of esters is 1. The number of piperidine rings is 1. The zero-order valence-corrected chi connectivity index (χ0v) is 21.0. The van der Waals surface area contributed by atoms with Gasteiger partial charge in [-0.15, -0.1) is 35.3 Å². The van der Waals surface area contributed by atoms with Crippen molar-refractivity contribution in [2.24, 2.45) is 10.9 Å². The van der Waals surface area contributed by atoms with Crippen molar-refractivity contribution in [2.75, 3.05) is 26.2 Å². The maximum absolute atomic E-state index is 12.0. The van der Waals surface area contributed by atoms with Gasteiger partial charge in [-0.2, -0.15) is 0 Å². The van der Waals surface area contributed by atoms with E-state index in [9.17, 15) is 4.79 Å². The smallest absolute Gasteiger partial charge is 0.309 e. The Morgan fingerprint density at radius 1 is 1.27 bits per heavy atom. The lowest BCUT2D eigenvalue weighted by atomic mass is 9.97. The summed E-state index contributed by atoms with van der Waals surface area (Å²) in [7, 11) is 0. The van der Waals surface area contributed by atoms with Gasteiger partial charge < -0.3 is 15.0 Å². The monoisotopic (exact) mass is 542 g/mol. The average molecular weight is 542 g/mol. The molecule has 0 spiro atoms. The largest absolute Gasteiger partial charge is 0.466 e. The maximum Gasteiger partial charge on any atom is 0.309 e. The van der Waals surface area contributed by atoms with Gasteiger partial charge in [0.15, 0.2) is 5.96 Å². The predicted molar refractivity (Wildman–Crippen MR) is 133 cm³/mol. The van der Waals surface area contributed by atoms with E-state index in [1.807, 2.05) is 32.0 Å². The normalized spacial score (nSPS) is 14.9. The molecule has 0 radical (unpaired) electrons. The number of aliphatic imine (C=N–C) groups is 1. The molecule has 3 rings (SSSR count). The van der Waals surface area contributed by atoms with Gasteiger partial charge in [-0.25, -0.2) is 9.98 Å². The van der Waals surface area contributed by atoms with E-state index in [0.29, 0.717) is 13.2 Å². The van der Waals surface area contributed by atoms with Crippen LogP contribution in [0.5, 0.6) is 0 Å². The van der Waals surface area contributed by atoms with Crippen LogP contribution in [-0.2, 0) is 16.1 Å². The molecule has 2 heterocycles. The summed E-state index contributed by atoms with van der Waals surface area (Å²) in [6, 6.07) is 10.3. The van der Waals surface area contributed by atoms with Crippen molar-refractivity contribution < 1.29 is 9.53 Å². The second-order valence-electron chi connectivity index (χ2n) is 7.08. The summed E-state index contributed by atoms with van der Waals surface area (Å²) in [6.45, 7) is 9.47. The molecule has 0 amide bonds. The highest BCUT2D eigenvalue weighted by Gasteiger charge is 2.27. The summed E-state index contributed by atoms with van der Waals surface area (Å²) in [4.78, 5) is 25.0. The number of rotatable bonds is 6. The Kier molecular flexibility index (Phi) is 10.0. The van der Waals surface area contributed by atoms with E-state index in [1.165, 1.54) is 4.88 Å². The van der Waals surface area contributed by atoms with Crippen LogP contribution in [0.4, 0.5) is 0 Å². The molecule has 1 fully saturated rings. The molecule has 1 aromatic heterocycles. The Bertz CT molecular complexity index is 833. The van der Waals surface area contributed by atoms with E-state index >= 15 is 0 Å². The number of guanidine groups is 1. The highest BCUT2D eigenvalue weighted by Crippen LogP contribution is 2.28. The fourth-order valence-corrected chi connectivity index (χ4v) is 4.43. The number of aryl methyl sites for hydroxylation is 1. The van der Waals surface area contributed by atoms with Crippen LogP contribution in [0.3, 0.4) is 0 Å². The molecule has 1 aliphatic heterocycles. The number of halogens is 1. The minimum atomic E-state index is -0.0668. The topological polar surface area (TPSA) is 66.8 Å². The van der Waals surface area contributed by atoms with E-state index in [-0.39, 0.29) is 35.9 Å². The SMILES string of the molecule is CCNC(=NCc1sc(-c2ccccc2)nc1C)N1CCC(C(=O)OCC)CC1.I. The molecule has 0 unspecified atom stereocenters. The molecule has 2 aromatic rings. The molecule has 0 bridgehead atoms. The number of carbonyl (C=O) groups excluding carboxylic acids is 1. The molecule has 8 heteroatoms. The zero-order valence-electron chi connectivity index (χ0n) is 17.9. The van der Waals surface area contributed by atoms with Crippen molar-refractivity contribution >= 4 is 47.2 Å². The van der Waals surface area contributed by atoms with E-state index < -0.39 is 0 Å². The van der Waals surface area contributed by atoms with Crippen LogP contribution in [0.25, 0.3) is 10.6 Å². The van der Waals surface area contributed by atoms with Crippen molar-refractivity contribution in [3.8, 4) is 10.6 Å². The molecule has 0 aliphatic carbocycles. The van der Waals surface area contributed by atoms with Crippen LogP contribution in [0.1, 0.15) is 37.3 Å². The predicted octanol–water partition coefficient (Wildman–Crippen LogP) is 4.48. The Labute approximate surface area is 200 Å². The van der Waals surface area contributed by atoms with E-state index in [1.54, 1.807) is 11.3 Å². The molecule has 0 saturated carbocycles. The molecule has 1 aliphatic rings. The highest BCUT2D eigenvalue weighted by molar-refractivity contribution is 14.0. The summed E-state index contributed by atoms with van der Waals surface area (Å²) >= 11 is 1.70. The molecule has 30 heavy (non-hydrogen) atoms. The fourth-order valence-electron chi connectivity index (χ4n) is 3.44. The van der Waals surface area contributed by atoms with E-state index in [2.05, 4.69) is 29.3 Å². The molecular formula is C22H31IN4O2S. The molecule has 1 N–H and O–H groups in total. The van der Waals surface area contributed by atoms with E-state index in [0.717, 1.165) is 54.7 Å². The van der Waals surface area contributed by atoms with Gasteiger partial charge >= 0.3 is 5.97 Å². The zero-order chi connectivity index (χ0) is 20.6. The number of benzene rings is 1. The Morgan fingerprint density at radius 3 is 2.60 bits per heavy atom. The van der Waals surface area contributed by atoms with E-state index in [4.69, 9.17) is 14.7 Å². The number of likely N-dealkylation sites (tertiary alicyclic amines) is 1. The standard InChI is InChI=1S/C22H30N4O2S.HI/c1-4-23-22(26-13-11-18(12-14-26)21(27)28-5-2)24-15-19-16(3)25-20(29-19)17-9-7-6-8-10-17;/h6-10,18H,4-5,11-15H2,1-3H3,(H,23,24);1H. The summed E-state index contributed by atoms with van der Waals surface area (Å²) in [5.74, 6) is 0.845. The number of nitrogens with zero attached hydrogens (tertiary/aromatic N) is 3. The molecule has 0 atom stereocenters. The van der Waals surface area contributed by atoms with Gasteiger partial charge in [-0.1, -0.05) is 30.3 Å². The van der Waals surface area contributed by atoms with Crippen LogP contribution in [0.2, 0.25) is 0 Å². The number of carbonyl (C=O) groups is 1. The van der Waals surface area contributed by atoms with Crippen LogP contribution in [-0.4, -0.2) is 48.1 Å². The van der Waals surface area contributed by atoms with Crippen molar-refractivity contribution in [2.45, 2.75) is 40.2 Å². The van der Waals surface area contributed by atoms with Gasteiger partial charge in [0.05, 0.1) is 24.8 Å². The number of nitrogens with one attached hydrogen (secondary N) is 1. The summed E-state index contributed by atoms with van der Waals surface area (Å²) in [5, 5.41) is 4.43. The molecule has 1 saturated heterocycles. The third-order valence-electron chi connectivity index (χ3n) is 5.04. The van der Waals surface area contributed by atoms with Crippen LogP contribution in [0, 0.1) is 12.8 Å². The summed E-state index contributed by atoms with van der Waals surface area (Å²) in [6.07, 6.45) is 1.61. The van der Waals surface area contributed by atoms with Crippen molar-refractivity contribution in [3.63, 3.8) is 0 Å². The van der Waals surface area contributed by atoms with Crippen LogP contribution in [0.15, 0.2) is 35.3 Å². The van der Waals surface area contributed by atoms with Crippen molar-refractivity contribution in [3.05, 3.63) is 40.9 Å². The summed E-state index contributed by atoms with van der Waals surface area (Å²) < 4.78 is 5.17. The first-order valence-electron chi connectivity index (χ1n) is 10.3. The van der Waals surface area contributed by atoms with Crippen LogP contribution < -0.4 is 5.32 Å². The second-order valence-corrected chi connectivity index (χ2v) is 8.16. The Morgan fingerprint density at radius 2 is 1.97 bits per heavy atom. The number of aromatic nitrogens is 1. The first-order valence-corrected chi connectivity index (χ1v) is 11.2. The molecule has 6 nitrogen and oxygen atoms in total. The first kappa shape index (κ1) is 24.6. The Balaban J connectivity index is 0.00000320. The van der Waals surface area contributed by atoms with Crippen molar-refractivity contribution in [1.82, 2.24) is 15.2 Å². The van der Waals surface area contributed by atoms with Crippen molar-refractivity contribution in [1.29, 1.82) is 0 Å². The van der Waals surface area contributed by atoms with Crippen LogP contribution >= 0.6 is 35.3 Å². The van der Waals surface area contributed by atoms with Gasteiger partial charge in [0.25, 0.3) is 0 Å². The highest BCUT2D eigenvalue weighted by atomic mass is 127. The third kappa shape index (κ3) is 6.41. The second kappa shape index (κ2) is 12.2. The molecule has 1 aromatic carbocycles.